The van der Waals surface area contributed by atoms with Crippen molar-refractivity contribution < 1.29 is 18.0 Å². The normalized spacial score (nSPS) is 13.6. The van der Waals surface area contributed by atoms with E-state index in [1.54, 1.807) is 6.92 Å². The largest absolute Gasteiger partial charge is 0.433 e. The predicted molar refractivity (Wildman–Crippen MR) is 80.2 cm³/mol. The number of halogens is 3. The van der Waals surface area contributed by atoms with Crippen molar-refractivity contribution in [1.29, 1.82) is 0 Å². The molecule has 0 spiro atoms. The van der Waals surface area contributed by atoms with Gasteiger partial charge in [0.25, 0.3) is 5.91 Å². The summed E-state index contributed by atoms with van der Waals surface area (Å²) in [6, 6.07) is 1.62. The van der Waals surface area contributed by atoms with Gasteiger partial charge in [0.2, 0.25) is 5.82 Å². The maximum atomic E-state index is 12.5. The van der Waals surface area contributed by atoms with Crippen molar-refractivity contribution in [2.24, 2.45) is 0 Å². The van der Waals surface area contributed by atoms with Gasteiger partial charge in [0.15, 0.2) is 0 Å². The lowest BCUT2D eigenvalue weighted by molar-refractivity contribution is -0.141. The Hall–Kier alpha value is -2.45. The summed E-state index contributed by atoms with van der Waals surface area (Å²) in [6.07, 6.45) is -3.40. The van der Waals surface area contributed by atoms with Crippen molar-refractivity contribution >= 4 is 5.91 Å². The minimum atomic E-state index is -4.49. The average molecular weight is 341 g/mol. The van der Waals surface area contributed by atoms with Crippen LogP contribution in [0.4, 0.5) is 13.2 Å². The van der Waals surface area contributed by atoms with Gasteiger partial charge in [0.05, 0.1) is 6.04 Å². The van der Waals surface area contributed by atoms with Crippen LogP contribution in [0.3, 0.4) is 0 Å². The molecule has 1 amide bonds. The number of carbonyl (C=O) groups is 1. The number of alkyl halides is 3. The SMILES string of the molecule is C[C@@H](NC(=O)c1n[nH]c(C(C)(C)C)n1)c1ccc(C(F)(F)F)nc1. The first-order valence-corrected chi connectivity index (χ1v) is 7.25. The Labute approximate surface area is 136 Å². The van der Waals surface area contributed by atoms with Gasteiger partial charge in [-0.25, -0.2) is 4.98 Å². The van der Waals surface area contributed by atoms with E-state index in [2.05, 4.69) is 25.5 Å². The molecule has 0 saturated heterocycles. The molecule has 2 aromatic heterocycles. The van der Waals surface area contributed by atoms with Gasteiger partial charge in [0, 0.05) is 11.6 Å². The van der Waals surface area contributed by atoms with Gasteiger partial charge in [0.1, 0.15) is 11.5 Å². The summed E-state index contributed by atoms with van der Waals surface area (Å²) >= 11 is 0. The van der Waals surface area contributed by atoms with Gasteiger partial charge in [-0.15, -0.1) is 5.10 Å². The molecule has 0 aliphatic rings. The highest BCUT2D eigenvalue weighted by Gasteiger charge is 2.32. The molecule has 0 fully saturated rings. The summed E-state index contributed by atoms with van der Waals surface area (Å²) in [5, 5.41) is 9.20. The van der Waals surface area contributed by atoms with E-state index in [1.165, 1.54) is 6.07 Å². The molecule has 2 N–H and O–H groups in total. The first-order chi connectivity index (χ1) is 11.0. The monoisotopic (exact) mass is 341 g/mol. The van der Waals surface area contributed by atoms with E-state index in [0.29, 0.717) is 11.4 Å². The predicted octanol–water partition coefficient (Wildman–Crippen LogP) is 3.01. The number of aromatic amines is 1. The van der Waals surface area contributed by atoms with Crippen molar-refractivity contribution in [2.45, 2.75) is 45.3 Å². The average Bonchev–Trinajstić information content (AvgIpc) is 2.96. The fraction of sp³-hybridized carbons (Fsp3) is 0.467. The molecule has 2 heterocycles. The van der Waals surface area contributed by atoms with E-state index in [4.69, 9.17) is 0 Å². The molecule has 0 unspecified atom stereocenters. The van der Waals surface area contributed by atoms with Gasteiger partial charge in [-0.1, -0.05) is 26.8 Å². The van der Waals surface area contributed by atoms with Crippen LogP contribution in [-0.2, 0) is 11.6 Å². The molecule has 1 atom stereocenters. The molecule has 6 nitrogen and oxygen atoms in total. The van der Waals surface area contributed by atoms with Crippen LogP contribution in [0.15, 0.2) is 18.3 Å². The first kappa shape index (κ1) is 17.9. The minimum Gasteiger partial charge on any atom is -0.343 e. The maximum absolute atomic E-state index is 12.5. The van der Waals surface area contributed by atoms with Crippen LogP contribution < -0.4 is 5.32 Å². The summed E-state index contributed by atoms with van der Waals surface area (Å²) in [6.45, 7) is 7.41. The Balaban J connectivity index is 2.07. The van der Waals surface area contributed by atoms with Crippen LogP contribution in [0, 0.1) is 0 Å². The quantitative estimate of drug-likeness (QED) is 0.899. The van der Waals surface area contributed by atoms with E-state index in [1.807, 2.05) is 20.8 Å². The molecule has 130 valence electrons. The van der Waals surface area contributed by atoms with Crippen molar-refractivity contribution in [1.82, 2.24) is 25.5 Å². The topological polar surface area (TPSA) is 83.6 Å². The van der Waals surface area contributed by atoms with Crippen molar-refractivity contribution in [3.8, 4) is 0 Å². The lowest BCUT2D eigenvalue weighted by Crippen LogP contribution is -2.28. The van der Waals surface area contributed by atoms with Gasteiger partial charge < -0.3 is 5.32 Å². The van der Waals surface area contributed by atoms with Crippen molar-refractivity contribution in [2.75, 3.05) is 0 Å². The molecule has 0 saturated carbocycles. The summed E-state index contributed by atoms with van der Waals surface area (Å²) in [7, 11) is 0. The van der Waals surface area contributed by atoms with Crippen LogP contribution in [0.25, 0.3) is 0 Å². The van der Waals surface area contributed by atoms with Crippen molar-refractivity contribution in [3.05, 3.63) is 41.2 Å². The first-order valence-electron chi connectivity index (χ1n) is 7.25. The highest BCUT2D eigenvalue weighted by Crippen LogP contribution is 2.28. The summed E-state index contributed by atoms with van der Waals surface area (Å²) in [5.41, 5.74) is -0.814. The van der Waals surface area contributed by atoms with E-state index in [9.17, 15) is 18.0 Å². The molecule has 9 heteroatoms. The number of hydrogen-bond donors (Lipinski definition) is 2. The number of hydrogen-bond acceptors (Lipinski definition) is 4. The zero-order valence-corrected chi connectivity index (χ0v) is 13.7. The van der Waals surface area contributed by atoms with Gasteiger partial charge in [-0.05, 0) is 18.6 Å². The summed E-state index contributed by atoms with van der Waals surface area (Å²) in [5.74, 6) is 0.0253. The fourth-order valence-corrected chi connectivity index (χ4v) is 1.87. The lowest BCUT2D eigenvalue weighted by atomic mass is 9.96. The van der Waals surface area contributed by atoms with Gasteiger partial charge in [-0.3, -0.25) is 14.9 Å². The lowest BCUT2D eigenvalue weighted by Gasteiger charge is -2.14. The molecule has 2 rings (SSSR count). The number of H-pyrrole nitrogens is 1. The Morgan fingerprint density at radius 1 is 1.25 bits per heavy atom. The smallest absolute Gasteiger partial charge is 0.343 e. The third kappa shape index (κ3) is 4.09. The molecule has 0 aliphatic heterocycles. The maximum Gasteiger partial charge on any atom is 0.433 e. The van der Waals surface area contributed by atoms with Crippen molar-refractivity contribution in [3.63, 3.8) is 0 Å². The highest BCUT2D eigenvalue weighted by molar-refractivity contribution is 5.90. The zero-order valence-electron chi connectivity index (χ0n) is 13.7. The number of aromatic nitrogens is 4. The summed E-state index contributed by atoms with van der Waals surface area (Å²) in [4.78, 5) is 19.6. The number of rotatable bonds is 3. The standard InChI is InChI=1S/C15H18F3N5O/c1-8(9-5-6-10(19-7-9)15(16,17)18)20-12(24)11-21-13(23-22-11)14(2,3)4/h5-8H,1-4H3,(H,20,24)(H,21,22,23)/t8-/m1/s1. The van der Waals surface area contributed by atoms with E-state index in [-0.39, 0.29) is 11.2 Å². The molecule has 0 radical (unpaired) electrons. The third-order valence-electron chi connectivity index (χ3n) is 3.32. The number of nitrogens with zero attached hydrogens (tertiary/aromatic N) is 3. The molecule has 2 aromatic rings. The van der Waals surface area contributed by atoms with Crippen LogP contribution in [0.1, 0.15) is 61.4 Å². The fourth-order valence-electron chi connectivity index (χ4n) is 1.87. The molecule has 24 heavy (non-hydrogen) atoms. The Morgan fingerprint density at radius 3 is 2.38 bits per heavy atom. The second-order valence-corrected chi connectivity index (χ2v) is 6.43. The molecule has 0 bridgehead atoms. The zero-order chi connectivity index (χ0) is 18.1. The van der Waals surface area contributed by atoms with Gasteiger partial charge in [-0.2, -0.15) is 13.2 Å². The van der Waals surface area contributed by atoms with E-state index < -0.39 is 23.8 Å². The number of amides is 1. The highest BCUT2D eigenvalue weighted by atomic mass is 19.4. The van der Waals surface area contributed by atoms with E-state index >= 15 is 0 Å². The van der Waals surface area contributed by atoms with Gasteiger partial charge >= 0.3 is 6.18 Å². The molecular formula is C15H18F3N5O. The number of carbonyl (C=O) groups excluding carboxylic acids is 1. The number of nitrogens with one attached hydrogen (secondary N) is 2. The Kier molecular flexibility index (Phi) is 4.63. The van der Waals surface area contributed by atoms with E-state index in [0.717, 1.165) is 12.3 Å². The Morgan fingerprint density at radius 2 is 1.92 bits per heavy atom. The molecular weight excluding hydrogens is 323 g/mol. The summed E-state index contributed by atoms with van der Waals surface area (Å²) < 4.78 is 37.5. The van der Waals surface area contributed by atoms with Crippen LogP contribution in [-0.4, -0.2) is 26.1 Å². The van der Waals surface area contributed by atoms with Crippen LogP contribution >= 0.6 is 0 Å². The molecule has 0 aromatic carbocycles. The minimum absolute atomic E-state index is 0.0216. The van der Waals surface area contributed by atoms with Crippen LogP contribution in [0.2, 0.25) is 0 Å². The molecule has 0 aliphatic carbocycles. The number of pyridine rings is 1. The second-order valence-electron chi connectivity index (χ2n) is 6.43. The Bertz CT molecular complexity index is 716. The second kappa shape index (κ2) is 6.21. The third-order valence-corrected chi connectivity index (χ3v) is 3.32. The van der Waals surface area contributed by atoms with Crippen LogP contribution in [0.5, 0.6) is 0 Å².